The molecule has 210 valence electrons. The van der Waals surface area contributed by atoms with Crippen LogP contribution in [0.2, 0.25) is 0 Å². The monoisotopic (exact) mass is 543 g/mol. The second-order valence-electron chi connectivity index (χ2n) is 8.89. The fourth-order valence-corrected chi connectivity index (χ4v) is 4.17. The number of nitrogens with one attached hydrogen (secondary N) is 2. The molecule has 15 heteroatoms. The van der Waals surface area contributed by atoms with Crippen LogP contribution in [0.5, 0.6) is 5.88 Å². The predicted octanol–water partition coefficient (Wildman–Crippen LogP) is 1.21. The van der Waals surface area contributed by atoms with E-state index in [9.17, 15) is 14.4 Å². The van der Waals surface area contributed by atoms with Crippen molar-refractivity contribution in [3.8, 4) is 5.88 Å². The molecule has 2 fully saturated rings. The average molecular weight is 544 g/mol. The normalized spacial score (nSPS) is 17.4. The molecule has 0 spiro atoms. The SMILES string of the molecule is CCOc1cnc(NC(=O)N(C)[C@@H]2CCCN(c3nccc(NC(=O)OCCN4CCOCC4=O)n3)C2)cn1. The third-order valence-electron chi connectivity index (χ3n) is 6.25. The lowest BCUT2D eigenvalue weighted by Gasteiger charge is -2.37. The van der Waals surface area contributed by atoms with Crippen molar-refractivity contribution in [1.82, 2.24) is 29.7 Å². The molecule has 4 amide bonds. The molecule has 15 nitrogen and oxygen atoms in total. The van der Waals surface area contributed by atoms with Crippen molar-refractivity contribution in [3.63, 3.8) is 0 Å². The Morgan fingerprint density at radius 3 is 2.82 bits per heavy atom. The van der Waals surface area contributed by atoms with E-state index in [1.807, 2.05) is 11.8 Å². The van der Waals surface area contributed by atoms with Crippen molar-refractivity contribution in [1.29, 1.82) is 0 Å². The molecule has 0 saturated carbocycles. The lowest BCUT2D eigenvalue weighted by Crippen LogP contribution is -2.50. The van der Waals surface area contributed by atoms with Crippen LogP contribution in [0.1, 0.15) is 19.8 Å². The number of morpholine rings is 1. The lowest BCUT2D eigenvalue weighted by atomic mass is 10.1. The Morgan fingerprint density at radius 2 is 2.05 bits per heavy atom. The van der Waals surface area contributed by atoms with E-state index < -0.39 is 6.09 Å². The number of nitrogens with zero attached hydrogens (tertiary/aromatic N) is 7. The molecule has 39 heavy (non-hydrogen) atoms. The highest BCUT2D eigenvalue weighted by Crippen LogP contribution is 2.21. The van der Waals surface area contributed by atoms with Crippen LogP contribution in [0.3, 0.4) is 0 Å². The first-order chi connectivity index (χ1) is 18.9. The van der Waals surface area contributed by atoms with Crippen LogP contribution >= 0.6 is 0 Å². The van der Waals surface area contributed by atoms with E-state index in [0.29, 0.717) is 57.0 Å². The van der Waals surface area contributed by atoms with Gasteiger partial charge in [0.1, 0.15) is 19.0 Å². The minimum atomic E-state index is -0.675. The zero-order valence-corrected chi connectivity index (χ0v) is 22.0. The summed E-state index contributed by atoms with van der Waals surface area (Å²) < 4.78 is 15.6. The zero-order valence-electron chi connectivity index (χ0n) is 22.0. The number of carbonyl (C=O) groups excluding carboxylic acids is 3. The van der Waals surface area contributed by atoms with E-state index >= 15 is 0 Å². The van der Waals surface area contributed by atoms with Crippen molar-refractivity contribution >= 4 is 35.6 Å². The van der Waals surface area contributed by atoms with Crippen LogP contribution in [-0.2, 0) is 14.3 Å². The molecule has 2 saturated heterocycles. The molecule has 2 aromatic heterocycles. The number of piperidine rings is 1. The summed E-state index contributed by atoms with van der Waals surface area (Å²) in [5.74, 6) is 1.31. The topological polar surface area (TPSA) is 164 Å². The number of aromatic nitrogens is 4. The third-order valence-corrected chi connectivity index (χ3v) is 6.25. The maximum atomic E-state index is 12.8. The fourth-order valence-electron chi connectivity index (χ4n) is 4.17. The van der Waals surface area contributed by atoms with Crippen LogP contribution in [0.15, 0.2) is 24.7 Å². The van der Waals surface area contributed by atoms with Crippen LogP contribution in [0.4, 0.5) is 27.2 Å². The Balaban J connectivity index is 1.27. The maximum absolute atomic E-state index is 12.8. The Bertz CT molecular complexity index is 1140. The molecule has 1 atom stereocenters. The van der Waals surface area contributed by atoms with Gasteiger partial charge in [-0.2, -0.15) is 4.98 Å². The first-order valence-corrected chi connectivity index (χ1v) is 12.8. The van der Waals surface area contributed by atoms with Crippen molar-refractivity contribution in [2.75, 3.05) is 75.2 Å². The van der Waals surface area contributed by atoms with Crippen LogP contribution < -0.4 is 20.3 Å². The number of hydrogen-bond donors (Lipinski definition) is 2. The Hall–Kier alpha value is -4.27. The number of hydrogen-bond acceptors (Lipinski definition) is 11. The van der Waals surface area contributed by atoms with Gasteiger partial charge in [-0.3, -0.25) is 15.4 Å². The van der Waals surface area contributed by atoms with Gasteiger partial charge in [-0.25, -0.2) is 24.5 Å². The molecule has 0 radical (unpaired) electrons. The Kier molecular flexibility index (Phi) is 9.61. The van der Waals surface area contributed by atoms with Crippen LogP contribution in [-0.4, -0.2) is 113 Å². The minimum absolute atomic E-state index is 0.0468. The van der Waals surface area contributed by atoms with E-state index in [2.05, 4.69) is 30.6 Å². The van der Waals surface area contributed by atoms with Gasteiger partial charge >= 0.3 is 12.1 Å². The summed E-state index contributed by atoms with van der Waals surface area (Å²) in [6.07, 6.45) is 5.42. The van der Waals surface area contributed by atoms with Gasteiger partial charge in [0.25, 0.3) is 0 Å². The summed E-state index contributed by atoms with van der Waals surface area (Å²) in [6, 6.07) is 1.16. The van der Waals surface area contributed by atoms with E-state index in [1.165, 1.54) is 12.4 Å². The molecule has 2 aliphatic rings. The largest absolute Gasteiger partial charge is 0.477 e. The van der Waals surface area contributed by atoms with Gasteiger partial charge in [0.15, 0.2) is 5.82 Å². The molecule has 4 heterocycles. The molecule has 0 aromatic carbocycles. The zero-order chi connectivity index (χ0) is 27.6. The second-order valence-corrected chi connectivity index (χ2v) is 8.89. The van der Waals surface area contributed by atoms with Crippen molar-refractivity contribution in [3.05, 3.63) is 24.7 Å². The standard InChI is InChI=1S/C24H33N9O6/c1-3-38-20-14-26-19(13-27-20)29-23(35)31(2)17-5-4-8-33(15-17)22-25-7-6-18(28-22)30-24(36)39-12-10-32-9-11-37-16-21(32)34/h6-7,13-14,17H,3-5,8-12,15-16H2,1-2H3,(H,26,29,35)(H,25,28,30,36)/t17-/m1/s1. The molecule has 2 N–H and O–H groups in total. The minimum Gasteiger partial charge on any atom is -0.477 e. The molecule has 4 rings (SSSR count). The summed E-state index contributed by atoms with van der Waals surface area (Å²) in [4.78, 5) is 59.1. The number of ether oxygens (including phenoxy) is 3. The number of carbonyl (C=O) groups is 3. The second kappa shape index (κ2) is 13.5. The highest BCUT2D eigenvalue weighted by molar-refractivity contribution is 5.88. The molecule has 2 aromatic rings. The molecule has 2 aliphatic heterocycles. The predicted molar refractivity (Wildman–Crippen MR) is 140 cm³/mol. The average Bonchev–Trinajstić information content (AvgIpc) is 2.95. The number of urea groups is 1. The van der Waals surface area contributed by atoms with Crippen LogP contribution in [0, 0.1) is 0 Å². The molecule has 0 aliphatic carbocycles. The summed E-state index contributed by atoms with van der Waals surface area (Å²) in [5, 5.41) is 5.35. The van der Waals surface area contributed by atoms with Gasteiger partial charge in [-0.05, 0) is 25.8 Å². The Morgan fingerprint density at radius 1 is 1.18 bits per heavy atom. The smallest absolute Gasteiger partial charge is 0.412 e. The van der Waals surface area contributed by atoms with Crippen molar-refractivity contribution < 1.29 is 28.6 Å². The van der Waals surface area contributed by atoms with E-state index in [1.54, 1.807) is 29.1 Å². The highest BCUT2D eigenvalue weighted by Gasteiger charge is 2.28. The molecule has 0 bridgehead atoms. The first kappa shape index (κ1) is 27.8. The van der Waals surface area contributed by atoms with Gasteiger partial charge in [-0.15, -0.1) is 0 Å². The number of rotatable bonds is 9. The molecular weight excluding hydrogens is 510 g/mol. The maximum Gasteiger partial charge on any atom is 0.412 e. The van der Waals surface area contributed by atoms with Crippen LogP contribution in [0.25, 0.3) is 0 Å². The van der Waals surface area contributed by atoms with Gasteiger partial charge in [0.05, 0.1) is 38.2 Å². The lowest BCUT2D eigenvalue weighted by molar-refractivity contribution is -0.143. The van der Waals surface area contributed by atoms with Gasteiger partial charge in [0.2, 0.25) is 17.7 Å². The van der Waals surface area contributed by atoms with Gasteiger partial charge in [0, 0.05) is 32.9 Å². The molecular formula is C24H33N9O6. The summed E-state index contributed by atoms with van der Waals surface area (Å²) >= 11 is 0. The van der Waals surface area contributed by atoms with E-state index in [0.717, 1.165) is 12.8 Å². The number of amides is 4. The molecule has 0 unspecified atom stereocenters. The Labute approximate surface area is 225 Å². The third kappa shape index (κ3) is 7.86. The van der Waals surface area contributed by atoms with Gasteiger partial charge < -0.3 is 28.9 Å². The first-order valence-electron chi connectivity index (χ1n) is 12.8. The van der Waals surface area contributed by atoms with E-state index in [4.69, 9.17) is 14.2 Å². The summed E-state index contributed by atoms with van der Waals surface area (Å²) in [7, 11) is 1.73. The summed E-state index contributed by atoms with van der Waals surface area (Å²) in [6.45, 7) is 4.90. The quantitative estimate of drug-likeness (QED) is 0.467. The number of likely N-dealkylation sites (N-methyl/N-ethyl adjacent to an activating group) is 1. The fraction of sp³-hybridized carbons (Fsp3) is 0.542. The van der Waals surface area contributed by atoms with Gasteiger partial charge in [-0.1, -0.05) is 0 Å². The summed E-state index contributed by atoms with van der Waals surface area (Å²) in [5.41, 5.74) is 0. The van der Waals surface area contributed by atoms with E-state index in [-0.39, 0.29) is 37.0 Å². The number of anilines is 3. The highest BCUT2D eigenvalue weighted by atomic mass is 16.5. The van der Waals surface area contributed by atoms with Crippen molar-refractivity contribution in [2.45, 2.75) is 25.8 Å². The van der Waals surface area contributed by atoms with Crippen molar-refractivity contribution in [2.24, 2.45) is 0 Å².